The first kappa shape index (κ1) is 14.8. The van der Waals surface area contributed by atoms with Crippen molar-refractivity contribution in [3.05, 3.63) is 41.5 Å². The fourth-order valence-electron chi connectivity index (χ4n) is 1.80. The number of halogens is 3. The third-order valence-electron chi connectivity index (χ3n) is 2.77. The standard InChI is InChI=1S/C13H12F3N5/c1-21-8-19-12(20-21)4-5-18-10-3-2-9(7-17)11(6-10)13(14,15)16/h2-3,6,8,18H,4-5H2,1H3. The summed E-state index contributed by atoms with van der Waals surface area (Å²) in [5.74, 6) is 0.606. The summed E-state index contributed by atoms with van der Waals surface area (Å²) in [4.78, 5) is 4.02. The maximum absolute atomic E-state index is 12.8. The molecule has 8 heteroatoms. The van der Waals surface area contributed by atoms with Gasteiger partial charge in [-0.3, -0.25) is 4.68 Å². The maximum atomic E-state index is 12.8. The summed E-state index contributed by atoms with van der Waals surface area (Å²) in [7, 11) is 1.74. The van der Waals surface area contributed by atoms with Crippen molar-refractivity contribution in [1.82, 2.24) is 14.8 Å². The van der Waals surface area contributed by atoms with Gasteiger partial charge in [-0.25, -0.2) is 4.98 Å². The molecule has 0 saturated carbocycles. The minimum absolute atomic E-state index is 0.303. The number of aryl methyl sites for hydroxylation is 1. The number of anilines is 1. The van der Waals surface area contributed by atoms with Gasteiger partial charge >= 0.3 is 6.18 Å². The second kappa shape index (κ2) is 5.83. The molecule has 0 aliphatic rings. The molecule has 0 unspecified atom stereocenters. The van der Waals surface area contributed by atoms with Gasteiger partial charge in [-0.15, -0.1) is 0 Å². The first-order chi connectivity index (χ1) is 9.90. The van der Waals surface area contributed by atoms with Crippen molar-refractivity contribution in [3.63, 3.8) is 0 Å². The topological polar surface area (TPSA) is 66.5 Å². The van der Waals surface area contributed by atoms with Crippen LogP contribution in [-0.4, -0.2) is 21.3 Å². The predicted octanol–water partition coefficient (Wildman–Crippen LogP) is 2.36. The molecular formula is C13H12F3N5. The van der Waals surface area contributed by atoms with E-state index in [4.69, 9.17) is 5.26 Å². The molecule has 0 atom stereocenters. The highest BCUT2D eigenvalue weighted by molar-refractivity contribution is 5.53. The lowest BCUT2D eigenvalue weighted by atomic mass is 10.1. The zero-order valence-corrected chi connectivity index (χ0v) is 11.1. The van der Waals surface area contributed by atoms with Gasteiger partial charge in [-0.1, -0.05) is 0 Å². The molecule has 21 heavy (non-hydrogen) atoms. The molecule has 0 amide bonds. The third kappa shape index (κ3) is 3.72. The Kier molecular flexibility index (Phi) is 4.12. The van der Waals surface area contributed by atoms with E-state index >= 15 is 0 Å². The molecule has 0 fully saturated rings. The van der Waals surface area contributed by atoms with E-state index in [1.807, 2.05) is 0 Å². The number of aromatic nitrogens is 3. The van der Waals surface area contributed by atoms with E-state index in [1.54, 1.807) is 24.1 Å². The van der Waals surface area contributed by atoms with E-state index in [2.05, 4.69) is 15.4 Å². The number of rotatable bonds is 4. The summed E-state index contributed by atoms with van der Waals surface area (Å²) in [5, 5.41) is 15.6. The van der Waals surface area contributed by atoms with E-state index < -0.39 is 11.7 Å². The number of nitrogens with one attached hydrogen (secondary N) is 1. The Hall–Kier alpha value is -2.56. The number of nitrogens with zero attached hydrogens (tertiary/aromatic N) is 4. The Morgan fingerprint density at radius 1 is 1.38 bits per heavy atom. The Labute approximate surface area is 119 Å². The summed E-state index contributed by atoms with van der Waals surface area (Å²) in [6, 6.07) is 5.08. The summed E-state index contributed by atoms with van der Waals surface area (Å²) in [6.45, 7) is 0.396. The molecular weight excluding hydrogens is 283 g/mol. The SMILES string of the molecule is Cn1cnc(CCNc2ccc(C#N)c(C(F)(F)F)c2)n1. The lowest BCUT2D eigenvalue weighted by molar-refractivity contribution is -0.137. The molecule has 110 valence electrons. The molecule has 1 N–H and O–H groups in total. The molecule has 1 heterocycles. The van der Waals surface area contributed by atoms with Crippen molar-refractivity contribution >= 4 is 5.69 Å². The third-order valence-corrected chi connectivity index (χ3v) is 2.77. The Balaban J connectivity index is 2.06. The zero-order valence-electron chi connectivity index (χ0n) is 11.1. The van der Waals surface area contributed by atoms with Gasteiger partial charge in [0.05, 0.1) is 17.2 Å². The van der Waals surface area contributed by atoms with Crippen LogP contribution in [0.3, 0.4) is 0 Å². The van der Waals surface area contributed by atoms with Crippen LogP contribution in [0.25, 0.3) is 0 Å². The molecule has 1 aromatic carbocycles. The monoisotopic (exact) mass is 295 g/mol. The zero-order chi connectivity index (χ0) is 15.5. The van der Waals surface area contributed by atoms with Crippen molar-refractivity contribution in [2.45, 2.75) is 12.6 Å². The van der Waals surface area contributed by atoms with Crippen LogP contribution in [0.4, 0.5) is 18.9 Å². The Morgan fingerprint density at radius 2 is 2.14 bits per heavy atom. The molecule has 1 aromatic heterocycles. The van der Waals surface area contributed by atoms with E-state index in [9.17, 15) is 13.2 Å². The largest absolute Gasteiger partial charge is 0.417 e. The number of hydrogen-bond donors (Lipinski definition) is 1. The molecule has 2 rings (SSSR count). The number of nitriles is 1. The van der Waals surface area contributed by atoms with E-state index in [0.29, 0.717) is 24.5 Å². The smallest absolute Gasteiger partial charge is 0.385 e. The molecule has 2 aromatic rings. The van der Waals surface area contributed by atoms with Gasteiger partial charge in [-0.05, 0) is 18.2 Å². The number of hydrogen-bond acceptors (Lipinski definition) is 4. The maximum Gasteiger partial charge on any atom is 0.417 e. The molecule has 0 radical (unpaired) electrons. The molecule has 0 spiro atoms. The van der Waals surface area contributed by atoms with Crippen LogP contribution >= 0.6 is 0 Å². The predicted molar refractivity (Wildman–Crippen MR) is 69.4 cm³/mol. The van der Waals surface area contributed by atoms with Crippen molar-refractivity contribution < 1.29 is 13.2 Å². The van der Waals surface area contributed by atoms with E-state index in [1.165, 1.54) is 6.07 Å². The minimum Gasteiger partial charge on any atom is -0.385 e. The summed E-state index contributed by atoms with van der Waals surface area (Å²) < 4.78 is 40.0. The lowest BCUT2D eigenvalue weighted by Crippen LogP contribution is -2.11. The van der Waals surface area contributed by atoms with Crippen LogP contribution in [0.1, 0.15) is 17.0 Å². The first-order valence-electron chi connectivity index (χ1n) is 6.10. The fraction of sp³-hybridized carbons (Fsp3) is 0.308. The van der Waals surface area contributed by atoms with Crippen LogP contribution in [0.5, 0.6) is 0 Å². The lowest BCUT2D eigenvalue weighted by Gasteiger charge is -2.11. The average molecular weight is 295 g/mol. The summed E-state index contributed by atoms with van der Waals surface area (Å²) in [6.07, 6.45) is -2.51. The van der Waals surface area contributed by atoms with E-state index in [-0.39, 0.29) is 5.56 Å². The quantitative estimate of drug-likeness (QED) is 0.940. The molecule has 0 aliphatic heterocycles. The van der Waals surface area contributed by atoms with Crippen LogP contribution in [-0.2, 0) is 19.6 Å². The molecule has 0 aliphatic carbocycles. The number of benzene rings is 1. The van der Waals surface area contributed by atoms with Crippen LogP contribution in [0, 0.1) is 11.3 Å². The van der Waals surface area contributed by atoms with E-state index in [0.717, 1.165) is 12.1 Å². The number of alkyl halides is 3. The van der Waals surface area contributed by atoms with Gasteiger partial charge < -0.3 is 5.32 Å². The minimum atomic E-state index is -4.55. The van der Waals surface area contributed by atoms with Crippen LogP contribution in [0.2, 0.25) is 0 Å². The Morgan fingerprint density at radius 3 is 2.71 bits per heavy atom. The summed E-state index contributed by atoms with van der Waals surface area (Å²) in [5.41, 5.74) is -1.03. The highest BCUT2D eigenvalue weighted by Crippen LogP contribution is 2.33. The van der Waals surface area contributed by atoms with Gasteiger partial charge in [0.2, 0.25) is 0 Å². The highest BCUT2D eigenvalue weighted by atomic mass is 19.4. The Bertz CT molecular complexity index is 669. The highest BCUT2D eigenvalue weighted by Gasteiger charge is 2.33. The van der Waals surface area contributed by atoms with Crippen LogP contribution in [0.15, 0.2) is 24.5 Å². The van der Waals surface area contributed by atoms with Crippen molar-refractivity contribution in [2.75, 3.05) is 11.9 Å². The van der Waals surface area contributed by atoms with Gasteiger partial charge in [0, 0.05) is 25.7 Å². The van der Waals surface area contributed by atoms with Gasteiger partial charge in [0.15, 0.2) is 5.82 Å². The van der Waals surface area contributed by atoms with Crippen molar-refractivity contribution in [3.8, 4) is 6.07 Å². The van der Waals surface area contributed by atoms with Gasteiger partial charge in [0.1, 0.15) is 6.33 Å². The molecule has 0 bridgehead atoms. The summed E-state index contributed by atoms with van der Waals surface area (Å²) >= 11 is 0. The van der Waals surface area contributed by atoms with Crippen molar-refractivity contribution in [1.29, 1.82) is 5.26 Å². The first-order valence-corrected chi connectivity index (χ1v) is 6.10. The van der Waals surface area contributed by atoms with Gasteiger partial charge in [0.25, 0.3) is 0 Å². The molecule has 0 saturated heterocycles. The van der Waals surface area contributed by atoms with Crippen molar-refractivity contribution in [2.24, 2.45) is 7.05 Å². The molecule has 5 nitrogen and oxygen atoms in total. The van der Waals surface area contributed by atoms with Gasteiger partial charge in [-0.2, -0.15) is 23.5 Å². The average Bonchev–Trinajstić information content (AvgIpc) is 2.83. The van der Waals surface area contributed by atoms with Crippen LogP contribution < -0.4 is 5.32 Å². The second-order valence-corrected chi connectivity index (χ2v) is 4.38. The normalized spacial score (nSPS) is 11.2. The fourth-order valence-corrected chi connectivity index (χ4v) is 1.80. The second-order valence-electron chi connectivity index (χ2n) is 4.38.